The van der Waals surface area contributed by atoms with Crippen LogP contribution in [0.25, 0.3) is 0 Å². The van der Waals surface area contributed by atoms with Crippen LogP contribution in [-0.4, -0.2) is 31.0 Å². The molecule has 0 fully saturated rings. The molecule has 0 bridgehead atoms. The fraction of sp³-hybridized carbons (Fsp3) is 0.316. The van der Waals surface area contributed by atoms with Crippen molar-refractivity contribution in [2.75, 3.05) is 25.5 Å². The van der Waals surface area contributed by atoms with E-state index in [-0.39, 0.29) is 5.91 Å². The van der Waals surface area contributed by atoms with Crippen LogP contribution in [-0.2, 0) is 11.3 Å². The summed E-state index contributed by atoms with van der Waals surface area (Å²) >= 11 is 0. The Morgan fingerprint density at radius 3 is 2.39 bits per heavy atom. The molecule has 2 aromatic rings. The van der Waals surface area contributed by atoms with Gasteiger partial charge < -0.3 is 10.1 Å². The number of nitrogens with zero attached hydrogens (tertiary/aromatic N) is 1. The van der Waals surface area contributed by atoms with Gasteiger partial charge in [-0.25, -0.2) is 0 Å². The lowest BCUT2D eigenvalue weighted by Gasteiger charge is -2.20. The van der Waals surface area contributed by atoms with Crippen LogP contribution >= 0.6 is 0 Å². The Morgan fingerprint density at radius 1 is 1.09 bits per heavy atom. The number of carbonyl (C=O) groups excluding carboxylic acids is 1. The second-order valence-corrected chi connectivity index (χ2v) is 5.38. The van der Waals surface area contributed by atoms with Crippen molar-refractivity contribution in [3.05, 3.63) is 60.2 Å². The van der Waals surface area contributed by atoms with Crippen molar-refractivity contribution < 1.29 is 9.53 Å². The highest BCUT2D eigenvalue weighted by molar-refractivity contribution is 5.90. The molecule has 1 amide bonds. The number of rotatable bonds is 8. The van der Waals surface area contributed by atoms with Gasteiger partial charge in [0.05, 0.1) is 7.11 Å². The smallest absolute Gasteiger partial charge is 0.225 e. The van der Waals surface area contributed by atoms with Gasteiger partial charge in [-0.2, -0.15) is 0 Å². The molecule has 1 N–H and O–H groups in total. The minimum absolute atomic E-state index is 0.0293. The molecule has 0 spiro atoms. The molecular formula is C19H24N2O2. The topological polar surface area (TPSA) is 41.6 Å². The first-order valence-electron chi connectivity index (χ1n) is 7.91. The number of amides is 1. The van der Waals surface area contributed by atoms with E-state index in [9.17, 15) is 4.79 Å². The number of ether oxygens (including phenoxy) is 1. The third-order valence-corrected chi connectivity index (χ3v) is 3.73. The molecular weight excluding hydrogens is 288 g/mol. The summed E-state index contributed by atoms with van der Waals surface area (Å²) < 4.78 is 5.10. The number of hydrogen-bond acceptors (Lipinski definition) is 3. The average molecular weight is 312 g/mol. The number of anilines is 1. The van der Waals surface area contributed by atoms with Crippen LogP contribution in [0.5, 0.6) is 5.75 Å². The predicted molar refractivity (Wildman–Crippen MR) is 93.6 cm³/mol. The van der Waals surface area contributed by atoms with Gasteiger partial charge in [0.15, 0.2) is 0 Å². The summed E-state index contributed by atoms with van der Waals surface area (Å²) in [7, 11) is 1.62. The summed E-state index contributed by atoms with van der Waals surface area (Å²) in [6.45, 7) is 4.65. The summed E-state index contributed by atoms with van der Waals surface area (Å²) in [4.78, 5) is 14.3. The van der Waals surface area contributed by atoms with Gasteiger partial charge in [-0.15, -0.1) is 0 Å². The SMILES string of the molecule is CCN(CCC(=O)Nc1ccc(OC)cc1)Cc1ccccc1. The van der Waals surface area contributed by atoms with Gasteiger partial charge in [0.1, 0.15) is 5.75 Å². The van der Waals surface area contributed by atoms with E-state index < -0.39 is 0 Å². The summed E-state index contributed by atoms with van der Waals surface area (Å²) in [6, 6.07) is 17.7. The zero-order valence-corrected chi connectivity index (χ0v) is 13.8. The highest BCUT2D eigenvalue weighted by Crippen LogP contribution is 2.15. The number of nitrogens with one attached hydrogen (secondary N) is 1. The molecule has 2 aromatic carbocycles. The largest absolute Gasteiger partial charge is 0.497 e. The lowest BCUT2D eigenvalue weighted by molar-refractivity contribution is -0.116. The Balaban J connectivity index is 1.79. The highest BCUT2D eigenvalue weighted by Gasteiger charge is 2.08. The van der Waals surface area contributed by atoms with Crippen LogP contribution in [0.15, 0.2) is 54.6 Å². The van der Waals surface area contributed by atoms with E-state index in [1.165, 1.54) is 5.56 Å². The van der Waals surface area contributed by atoms with Gasteiger partial charge in [0, 0.05) is 25.2 Å². The predicted octanol–water partition coefficient (Wildman–Crippen LogP) is 3.55. The van der Waals surface area contributed by atoms with Crippen molar-refractivity contribution in [3.8, 4) is 5.75 Å². The first-order valence-corrected chi connectivity index (χ1v) is 7.91. The molecule has 2 rings (SSSR count). The molecule has 0 aliphatic heterocycles. The molecule has 0 saturated heterocycles. The molecule has 122 valence electrons. The third-order valence-electron chi connectivity index (χ3n) is 3.73. The normalized spacial score (nSPS) is 10.6. The van der Waals surface area contributed by atoms with Crippen molar-refractivity contribution in [1.29, 1.82) is 0 Å². The lowest BCUT2D eigenvalue weighted by Crippen LogP contribution is -2.27. The first kappa shape index (κ1) is 17.0. The molecule has 4 heteroatoms. The molecule has 0 aromatic heterocycles. The molecule has 4 nitrogen and oxygen atoms in total. The van der Waals surface area contributed by atoms with E-state index in [0.717, 1.165) is 31.1 Å². The van der Waals surface area contributed by atoms with Crippen LogP contribution in [0.1, 0.15) is 18.9 Å². The summed E-state index contributed by atoms with van der Waals surface area (Å²) in [6.07, 6.45) is 0.479. The van der Waals surface area contributed by atoms with Gasteiger partial charge in [-0.3, -0.25) is 9.69 Å². The average Bonchev–Trinajstić information content (AvgIpc) is 2.60. The lowest BCUT2D eigenvalue weighted by atomic mass is 10.2. The summed E-state index contributed by atoms with van der Waals surface area (Å²) in [5, 5.41) is 2.92. The maximum atomic E-state index is 12.1. The van der Waals surface area contributed by atoms with Crippen LogP contribution in [0.4, 0.5) is 5.69 Å². The van der Waals surface area contributed by atoms with Gasteiger partial charge in [-0.05, 0) is 36.4 Å². The monoisotopic (exact) mass is 312 g/mol. The highest BCUT2D eigenvalue weighted by atomic mass is 16.5. The van der Waals surface area contributed by atoms with Gasteiger partial charge in [0.2, 0.25) is 5.91 Å². The zero-order chi connectivity index (χ0) is 16.5. The van der Waals surface area contributed by atoms with Gasteiger partial charge in [0.25, 0.3) is 0 Å². The van der Waals surface area contributed by atoms with E-state index in [1.54, 1.807) is 7.11 Å². The zero-order valence-electron chi connectivity index (χ0n) is 13.8. The minimum atomic E-state index is 0.0293. The molecule has 0 saturated carbocycles. The Labute approximate surface area is 138 Å². The number of carbonyl (C=O) groups is 1. The Morgan fingerprint density at radius 2 is 1.78 bits per heavy atom. The standard InChI is InChI=1S/C19H24N2O2/c1-3-21(15-16-7-5-4-6-8-16)14-13-19(22)20-17-9-11-18(23-2)12-10-17/h4-12H,3,13-15H2,1-2H3,(H,20,22). The number of benzene rings is 2. The molecule has 0 heterocycles. The van der Waals surface area contributed by atoms with Crippen molar-refractivity contribution in [2.24, 2.45) is 0 Å². The van der Waals surface area contributed by atoms with Gasteiger partial charge >= 0.3 is 0 Å². The fourth-order valence-electron chi connectivity index (χ4n) is 2.35. The Bertz CT molecular complexity index is 597. The fourth-order valence-corrected chi connectivity index (χ4v) is 2.35. The van der Waals surface area contributed by atoms with Crippen LogP contribution in [0.2, 0.25) is 0 Å². The molecule has 0 radical (unpaired) electrons. The second-order valence-electron chi connectivity index (χ2n) is 5.38. The van der Waals surface area contributed by atoms with Crippen LogP contribution < -0.4 is 10.1 Å². The molecule has 0 unspecified atom stereocenters. The van der Waals surface area contributed by atoms with Crippen LogP contribution in [0, 0.1) is 0 Å². The van der Waals surface area contributed by atoms with E-state index >= 15 is 0 Å². The summed E-state index contributed by atoms with van der Waals surface area (Å²) in [5.41, 5.74) is 2.06. The second kappa shape index (κ2) is 8.96. The van der Waals surface area contributed by atoms with Crippen molar-refractivity contribution in [3.63, 3.8) is 0 Å². The maximum absolute atomic E-state index is 12.1. The number of methoxy groups -OCH3 is 1. The molecule has 0 aliphatic rings. The number of hydrogen-bond donors (Lipinski definition) is 1. The van der Waals surface area contributed by atoms with Gasteiger partial charge in [-0.1, -0.05) is 37.3 Å². The van der Waals surface area contributed by atoms with Crippen molar-refractivity contribution >= 4 is 11.6 Å². The molecule has 0 aliphatic carbocycles. The third kappa shape index (κ3) is 5.75. The first-order chi connectivity index (χ1) is 11.2. The van der Waals surface area contributed by atoms with Crippen LogP contribution in [0.3, 0.4) is 0 Å². The Hall–Kier alpha value is -2.33. The maximum Gasteiger partial charge on any atom is 0.225 e. The minimum Gasteiger partial charge on any atom is -0.497 e. The molecule has 23 heavy (non-hydrogen) atoms. The van der Waals surface area contributed by atoms with E-state index in [2.05, 4.69) is 29.3 Å². The van der Waals surface area contributed by atoms with E-state index in [0.29, 0.717) is 6.42 Å². The van der Waals surface area contributed by atoms with Crippen molar-refractivity contribution in [2.45, 2.75) is 19.9 Å². The summed E-state index contributed by atoms with van der Waals surface area (Å²) in [5.74, 6) is 0.810. The van der Waals surface area contributed by atoms with E-state index in [4.69, 9.17) is 4.74 Å². The Kier molecular flexibility index (Phi) is 6.63. The van der Waals surface area contributed by atoms with Crippen molar-refractivity contribution in [1.82, 2.24) is 4.90 Å². The quantitative estimate of drug-likeness (QED) is 0.810. The van der Waals surface area contributed by atoms with E-state index in [1.807, 2.05) is 42.5 Å². The molecule has 0 atom stereocenters.